The minimum absolute atomic E-state index is 0.538. The molecule has 2 rings (SSSR count). The van der Waals surface area contributed by atoms with Crippen LogP contribution in [0.1, 0.15) is 28.3 Å². The number of carboxylic acid groups (broad SMARTS) is 1. The Morgan fingerprint density at radius 2 is 1.62 bits per heavy atom. The highest BCUT2D eigenvalue weighted by Crippen LogP contribution is 2.31. The molecule has 0 spiro atoms. The number of benzene rings is 2. The van der Waals surface area contributed by atoms with Crippen molar-refractivity contribution in [3.8, 4) is 5.75 Å². The molecule has 140 valence electrons. The molecular formula is C21H28N2O3. The summed E-state index contributed by atoms with van der Waals surface area (Å²) in [5.41, 5.74) is 3.99. The number of likely N-dealkylation sites (N-methyl/N-ethyl adjacent to an activating group) is 1. The number of carbonyl (C=O) groups is 1. The van der Waals surface area contributed by atoms with E-state index >= 15 is 0 Å². The number of aliphatic carboxylic acids is 1. The third-order valence-corrected chi connectivity index (χ3v) is 4.31. The molecule has 0 radical (unpaired) electrons. The number of hydrogen-bond donors (Lipinski definition) is 1. The van der Waals surface area contributed by atoms with Crippen LogP contribution in [-0.4, -0.2) is 49.1 Å². The lowest BCUT2D eigenvalue weighted by atomic mass is 10.0. The van der Waals surface area contributed by atoms with Gasteiger partial charge in [0.15, 0.2) is 0 Å². The van der Waals surface area contributed by atoms with Gasteiger partial charge in [0.1, 0.15) is 11.8 Å². The number of aryl methyl sites for hydroxylation is 1. The Kier molecular flexibility index (Phi) is 6.77. The summed E-state index contributed by atoms with van der Waals surface area (Å²) < 4.78 is 5.39. The lowest BCUT2D eigenvalue weighted by molar-refractivity contribution is -0.143. The van der Waals surface area contributed by atoms with E-state index in [0.717, 1.165) is 17.7 Å². The minimum atomic E-state index is -0.888. The van der Waals surface area contributed by atoms with Gasteiger partial charge in [-0.25, -0.2) is 0 Å². The molecular weight excluding hydrogens is 328 g/mol. The van der Waals surface area contributed by atoms with E-state index in [9.17, 15) is 9.90 Å². The van der Waals surface area contributed by atoms with Gasteiger partial charge in [0.2, 0.25) is 0 Å². The first kappa shape index (κ1) is 19.9. The highest BCUT2D eigenvalue weighted by molar-refractivity contribution is 5.76. The molecule has 0 bridgehead atoms. The monoisotopic (exact) mass is 356 g/mol. The van der Waals surface area contributed by atoms with Gasteiger partial charge in [0.05, 0.1) is 7.11 Å². The fourth-order valence-electron chi connectivity index (χ4n) is 3.12. The quantitative estimate of drug-likeness (QED) is 0.786. The molecule has 0 amide bonds. The van der Waals surface area contributed by atoms with Crippen molar-refractivity contribution in [2.75, 3.05) is 28.3 Å². The van der Waals surface area contributed by atoms with Crippen molar-refractivity contribution in [1.29, 1.82) is 0 Å². The van der Waals surface area contributed by atoms with Gasteiger partial charge in [0, 0.05) is 18.7 Å². The molecule has 1 atom stereocenters. The molecule has 0 heterocycles. The SMILES string of the molecule is COc1ccc(C)cc1[C@@H](C(=O)O)N(C)Cc1ccc(CN(C)C)cc1. The summed E-state index contributed by atoms with van der Waals surface area (Å²) in [4.78, 5) is 15.9. The smallest absolute Gasteiger partial charge is 0.325 e. The zero-order valence-electron chi connectivity index (χ0n) is 16.2. The first-order chi connectivity index (χ1) is 12.3. The maximum absolute atomic E-state index is 12.0. The fourth-order valence-corrected chi connectivity index (χ4v) is 3.12. The van der Waals surface area contributed by atoms with Gasteiger partial charge in [-0.15, -0.1) is 0 Å². The van der Waals surface area contributed by atoms with Gasteiger partial charge in [-0.2, -0.15) is 0 Å². The van der Waals surface area contributed by atoms with Crippen molar-refractivity contribution in [1.82, 2.24) is 9.80 Å². The van der Waals surface area contributed by atoms with Gasteiger partial charge in [0.25, 0.3) is 0 Å². The van der Waals surface area contributed by atoms with E-state index in [1.165, 1.54) is 5.56 Å². The molecule has 0 aromatic heterocycles. The largest absolute Gasteiger partial charge is 0.496 e. The Morgan fingerprint density at radius 1 is 1.04 bits per heavy atom. The molecule has 0 aliphatic rings. The Hall–Kier alpha value is -2.37. The normalized spacial score (nSPS) is 12.4. The first-order valence-corrected chi connectivity index (χ1v) is 8.62. The van der Waals surface area contributed by atoms with Crippen LogP contribution in [0.5, 0.6) is 5.75 Å². The van der Waals surface area contributed by atoms with E-state index in [-0.39, 0.29) is 0 Å². The summed E-state index contributed by atoms with van der Waals surface area (Å²) in [5, 5.41) is 9.83. The molecule has 2 aromatic carbocycles. The molecule has 2 aromatic rings. The molecule has 1 N–H and O–H groups in total. The second-order valence-corrected chi connectivity index (χ2v) is 6.96. The third-order valence-electron chi connectivity index (χ3n) is 4.31. The van der Waals surface area contributed by atoms with Gasteiger partial charge < -0.3 is 14.7 Å². The summed E-state index contributed by atoms with van der Waals surface area (Å²) in [7, 11) is 7.47. The number of nitrogens with zero attached hydrogens (tertiary/aromatic N) is 2. The molecule has 0 aliphatic carbocycles. The Morgan fingerprint density at radius 3 is 2.12 bits per heavy atom. The Bertz CT molecular complexity index is 741. The molecule has 0 fully saturated rings. The zero-order valence-corrected chi connectivity index (χ0v) is 16.2. The van der Waals surface area contributed by atoms with E-state index in [0.29, 0.717) is 17.9 Å². The van der Waals surface area contributed by atoms with Gasteiger partial charge >= 0.3 is 5.97 Å². The first-order valence-electron chi connectivity index (χ1n) is 8.62. The van der Waals surface area contributed by atoms with E-state index in [4.69, 9.17) is 4.74 Å². The molecule has 0 unspecified atom stereocenters. The second kappa shape index (κ2) is 8.83. The van der Waals surface area contributed by atoms with E-state index in [1.807, 2.05) is 51.2 Å². The lowest BCUT2D eigenvalue weighted by Gasteiger charge is -2.26. The van der Waals surface area contributed by atoms with Crippen LogP contribution in [0.2, 0.25) is 0 Å². The van der Waals surface area contributed by atoms with Crippen LogP contribution in [0.4, 0.5) is 0 Å². The van der Waals surface area contributed by atoms with Crippen molar-refractivity contribution < 1.29 is 14.6 Å². The van der Waals surface area contributed by atoms with Crippen LogP contribution in [0.3, 0.4) is 0 Å². The van der Waals surface area contributed by atoms with Crippen LogP contribution >= 0.6 is 0 Å². The topological polar surface area (TPSA) is 53.0 Å². The zero-order chi connectivity index (χ0) is 19.3. The van der Waals surface area contributed by atoms with E-state index in [2.05, 4.69) is 29.2 Å². The maximum atomic E-state index is 12.0. The third kappa shape index (κ3) is 5.07. The second-order valence-electron chi connectivity index (χ2n) is 6.96. The number of ether oxygens (including phenoxy) is 1. The van der Waals surface area contributed by atoms with Gasteiger partial charge in [-0.05, 0) is 45.3 Å². The van der Waals surface area contributed by atoms with Crippen molar-refractivity contribution in [2.45, 2.75) is 26.1 Å². The van der Waals surface area contributed by atoms with Crippen LogP contribution in [0, 0.1) is 6.92 Å². The summed E-state index contributed by atoms with van der Waals surface area (Å²) in [6, 6.07) is 13.2. The predicted octanol–water partition coefficient (Wildman–Crippen LogP) is 3.32. The molecule has 5 nitrogen and oxygen atoms in total. The van der Waals surface area contributed by atoms with Crippen molar-refractivity contribution >= 4 is 5.97 Å². The maximum Gasteiger partial charge on any atom is 0.325 e. The Balaban J connectivity index is 2.23. The summed E-state index contributed by atoms with van der Waals surface area (Å²) in [6.07, 6.45) is 0. The van der Waals surface area contributed by atoms with Crippen LogP contribution < -0.4 is 4.74 Å². The summed E-state index contributed by atoms with van der Waals surface area (Å²) in [6.45, 7) is 3.37. The average molecular weight is 356 g/mol. The summed E-state index contributed by atoms with van der Waals surface area (Å²) >= 11 is 0. The predicted molar refractivity (Wildman–Crippen MR) is 103 cm³/mol. The highest BCUT2D eigenvalue weighted by Gasteiger charge is 2.28. The summed E-state index contributed by atoms with van der Waals surface area (Å²) in [5.74, 6) is -0.295. The average Bonchev–Trinajstić information content (AvgIpc) is 2.56. The number of methoxy groups -OCH3 is 1. The fraction of sp³-hybridized carbons (Fsp3) is 0.381. The van der Waals surface area contributed by atoms with Gasteiger partial charge in [-0.1, -0.05) is 42.0 Å². The number of hydrogen-bond acceptors (Lipinski definition) is 4. The van der Waals surface area contributed by atoms with Crippen molar-refractivity contribution in [3.63, 3.8) is 0 Å². The minimum Gasteiger partial charge on any atom is -0.496 e. The van der Waals surface area contributed by atoms with Crippen LogP contribution in [0.15, 0.2) is 42.5 Å². The van der Waals surface area contributed by atoms with Crippen molar-refractivity contribution in [2.24, 2.45) is 0 Å². The van der Waals surface area contributed by atoms with Crippen molar-refractivity contribution in [3.05, 3.63) is 64.7 Å². The van der Waals surface area contributed by atoms with Crippen LogP contribution in [-0.2, 0) is 17.9 Å². The van der Waals surface area contributed by atoms with Crippen LogP contribution in [0.25, 0.3) is 0 Å². The van der Waals surface area contributed by atoms with E-state index < -0.39 is 12.0 Å². The van der Waals surface area contributed by atoms with Gasteiger partial charge in [-0.3, -0.25) is 9.69 Å². The molecule has 0 saturated heterocycles. The Labute approximate surface area is 155 Å². The number of carboxylic acids is 1. The standard InChI is InChI=1S/C21H28N2O3/c1-15-6-11-19(26-5)18(12-15)20(21(24)25)23(4)14-17-9-7-16(8-10-17)13-22(2)3/h6-12,20H,13-14H2,1-5H3,(H,24,25)/t20-/m0/s1. The lowest BCUT2D eigenvalue weighted by Crippen LogP contribution is -2.31. The van der Waals surface area contributed by atoms with E-state index in [1.54, 1.807) is 7.11 Å². The highest BCUT2D eigenvalue weighted by atomic mass is 16.5. The molecule has 26 heavy (non-hydrogen) atoms. The molecule has 0 aliphatic heterocycles. The number of rotatable bonds is 8. The molecule has 5 heteroatoms. The molecule has 0 saturated carbocycles.